The van der Waals surface area contributed by atoms with Crippen LogP contribution >= 0.6 is 0 Å². The predicted octanol–water partition coefficient (Wildman–Crippen LogP) is 2.52. The fraction of sp³-hybridized carbons (Fsp3) is 1.00. The number of nitrogens with zero attached hydrogens (tertiary/aromatic N) is 1. The Bertz CT molecular complexity index is 290. The predicted molar refractivity (Wildman–Crippen MR) is 66.9 cm³/mol. The van der Waals surface area contributed by atoms with Crippen molar-refractivity contribution in [3.05, 3.63) is 0 Å². The number of piperazine rings is 1. The highest BCUT2D eigenvalue weighted by Crippen LogP contribution is 2.31. The standard InChI is InChI=1S/C13H23F3N2O/c1-11-9-17-12(5-3-2-4-6-12)10-18(11)7-8-19-13(14,15)16/h11,17H,2-10H2,1H3. The van der Waals surface area contributed by atoms with E-state index >= 15 is 0 Å². The van der Waals surface area contributed by atoms with E-state index in [1.807, 2.05) is 0 Å². The van der Waals surface area contributed by atoms with Crippen LogP contribution in [-0.4, -0.2) is 49.1 Å². The Hall–Kier alpha value is -0.330. The topological polar surface area (TPSA) is 24.5 Å². The Morgan fingerprint density at radius 2 is 1.95 bits per heavy atom. The lowest BCUT2D eigenvalue weighted by molar-refractivity contribution is -0.325. The van der Waals surface area contributed by atoms with Crippen molar-refractivity contribution in [1.29, 1.82) is 0 Å². The zero-order chi connectivity index (χ0) is 13.9. The van der Waals surface area contributed by atoms with Crippen molar-refractivity contribution in [1.82, 2.24) is 10.2 Å². The maximum Gasteiger partial charge on any atom is 0.522 e. The second-order valence-corrected chi connectivity index (χ2v) is 5.84. The molecule has 2 rings (SSSR count). The van der Waals surface area contributed by atoms with E-state index < -0.39 is 6.36 Å². The number of rotatable bonds is 3. The Labute approximate surface area is 112 Å². The molecule has 1 saturated carbocycles. The number of ether oxygens (including phenoxy) is 1. The third-order valence-corrected chi connectivity index (χ3v) is 4.36. The summed E-state index contributed by atoms with van der Waals surface area (Å²) in [7, 11) is 0. The molecule has 3 nitrogen and oxygen atoms in total. The average Bonchev–Trinajstić information content (AvgIpc) is 2.34. The van der Waals surface area contributed by atoms with E-state index in [-0.39, 0.29) is 18.2 Å². The van der Waals surface area contributed by atoms with Crippen molar-refractivity contribution >= 4 is 0 Å². The quantitative estimate of drug-likeness (QED) is 0.859. The smallest absolute Gasteiger partial charge is 0.308 e. The summed E-state index contributed by atoms with van der Waals surface area (Å²) in [5.74, 6) is 0. The highest BCUT2D eigenvalue weighted by molar-refractivity contribution is 4.98. The molecule has 6 heteroatoms. The van der Waals surface area contributed by atoms with Crippen LogP contribution in [0.25, 0.3) is 0 Å². The van der Waals surface area contributed by atoms with E-state index in [0.29, 0.717) is 6.54 Å². The molecule has 0 aromatic heterocycles. The van der Waals surface area contributed by atoms with Crippen LogP contribution in [0, 0.1) is 0 Å². The Kier molecular flexibility index (Phi) is 4.74. The van der Waals surface area contributed by atoms with E-state index in [1.54, 1.807) is 0 Å². The lowest BCUT2D eigenvalue weighted by atomic mass is 9.79. The van der Waals surface area contributed by atoms with Crippen LogP contribution in [0.3, 0.4) is 0 Å². The molecule has 1 aliphatic carbocycles. The average molecular weight is 280 g/mol. The van der Waals surface area contributed by atoms with Crippen molar-refractivity contribution < 1.29 is 17.9 Å². The first-order valence-corrected chi connectivity index (χ1v) is 7.10. The fourth-order valence-corrected chi connectivity index (χ4v) is 3.24. The third kappa shape index (κ3) is 4.33. The molecular weight excluding hydrogens is 257 g/mol. The van der Waals surface area contributed by atoms with Crippen molar-refractivity contribution in [3.8, 4) is 0 Å². The van der Waals surface area contributed by atoms with Gasteiger partial charge in [0.1, 0.15) is 0 Å². The fourth-order valence-electron chi connectivity index (χ4n) is 3.24. The zero-order valence-corrected chi connectivity index (χ0v) is 11.4. The largest absolute Gasteiger partial charge is 0.522 e. The number of halogens is 3. The van der Waals surface area contributed by atoms with Gasteiger partial charge in [0.05, 0.1) is 6.61 Å². The minimum absolute atomic E-state index is 0.128. The second-order valence-electron chi connectivity index (χ2n) is 5.84. The molecule has 19 heavy (non-hydrogen) atoms. The molecule has 1 aliphatic heterocycles. The van der Waals surface area contributed by atoms with E-state index in [4.69, 9.17) is 0 Å². The molecule has 0 aromatic rings. The van der Waals surface area contributed by atoms with Crippen LogP contribution in [-0.2, 0) is 4.74 Å². The number of nitrogens with one attached hydrogen (secondary N) is 1. The summed E-state index contributed by atoms with van der Waals surface area (Å²) < 4.78 is 39.9. The number of hydrogen-bond donors (Lipinski definition) is 1. The molecule has 1 spiro atoms. The number of hydrogen-bond acceptors (Lipinski definition) is 3. The van der Waals surface area contributed by atoms with Gasteiger partial charge >= 0.3 is 6.36 Å². The third-order valence-electron chi connectivity index (χ3n) is 4.36. The van der Waals surface area contributed by atoms with Crippen molar-refractivity contribution in [2.45, 2.75) is 57.0 Å². The molecule has 0 amide bonds. The first kappa shape index (κ1) is 15.1. The van der Waals surface area contributed by atoms with Crippen LogP contribution < -0.4 is 5.32 Å². The van der Waals surface area contributed by atoms with Gasteiger partial charge in [0.25, 0.3) is 0 Å². The van der Waals surface area contributed by atoms with E-state index in [9.17, 15) is 13.2 Å². The van der Waals surface area contributed by atoms with Crippen molar-refractivity contribution in [2.24, 2.45) is 0 Å². The van der Waals surface area contributed by atoms with Gasteiger partial charge in [-0.25, -0.2) is 0 Å². The molecule has 112 valence electrons. The van der Waals surface area contributed by atoms with Gasteiger partial charge in [-0.3, -0.25) is 9.64 Å². The summed E-state index contributed by atoms with van der Waals surface area (Å²) in [6.07, 6.45) is 1.46. The monoisotopic (exact) mass is 280 g/mol. The Morgan fingerprint density at radius 3 is 2.58 bits per heavy atom. The van der Waals surface area contributed by atoms with Gasteiger partial charge in [-0.1, -0.05) is 19.3 Å². The molecule has 1 atom stereocenters. The molecule has 0 radical (unpaired) electrons. The van der Waals surface area contributed by atoms with Gasteiger partial charge in [0.15, 0.2) is 0 Å². The van der Waals surface area contributed by atoms with Gasteiger partial charge in [0.2, 0.25) is 0 Å². The van der Waals surface area contributed by atoms with Crippen LogP contribution in [0.5, 0.6) is 0 Å². The first-order chi connectivity index (χ1) is 8.90. The summed E-state index contributed by atoms with van der Waals surface area (Å²) in [6.45, 7) is 3.83. The van der Waals surface area contributed by atoms with Crippen LogP contribution in [0.15, 0.2) is 0 Å². The van der Waals surface area contributed by atoms with E-state index in [2.05, 4.69) is 21.9 Å². The van der Waals surface area contributed by atoms with Gasteiger partial charge < -0.3 is 5.32 Å². The summed E-state index contributed by atoms with van der Waals surface area (Å²) in [5, 5.41) is 3.62. The maximum absolute atomic E-state index is 12.0. The van der Waals surface area contributed by atoms with E-state index in [0.717, 1.165) is 25.9 Å². The molecule has 1 N–H and O–H groups in total. The summed E-state index contributed by atoms with van der Waals surface area (Å²) in [5.41, 5.74) is 0.128. The molecule has 1 heterocycles. The zero-order valence-electron chi connectivity index (χ0n) is 11.4. The summed E-state index contributed by atoms with van der Waals surface area (Å²) >= 11 is 0. The highest BCUT2D eigenvalue weighted by Gasteiger charge is 2.38. The maximum atomic E-state index is 12.0. The normalized spacial score (nSPS) is 28.7. The van der Waals surface area contributed by atoms with Gasteiger partial charge in [-0.15, -0.1) is 13.2 Å². The number of alkyl halides is 3. The minimum atomic E-state index is -4.51. The SMILES string of the molecule is CC1CNC2(CCCCC2)CN1CCOC(F)(F)F. The molecular formula is C13H23F3N2O. The second kappa shape index (κ2) is 5.97. The first-order valence-electron chi connectivity index (χ1n) is 7.10. The lowest BCUT2D eigenvalue weighted by Gasteiger charge is -2.49. The van der Waals surface area contributed by atoms with Gasteiger partial charge in [-0.2, -0.15) is 0 Å². The van der Waals surface area contributed by atoms with Crippen LogP contribution in [0.4, 0.5) is 13.2 Å². The Morgan fingerprint density at radius 1 is 1.26 bits per heavy atom. The van der Waals surface area contributed by atoms with Crippen LogP contribution in [0.1, 0.15) is 39.0 Å². The molecule has 0 aromatic carbocycles. The lowest BCUT2D eigenvalue weighted by Crippen LogP contribution is -2.64. The minimum Gasteiger partial charge on any atom is -0.308 e. The molecule has 2 fully saturated rings. The Balaban J connectivity index is 1.84. The molecule has 0 bridgehead atoms. The molecule has 1 unspecified atom stereocenters. The highest BCUT2D eigenvalue weighted by atomic mass is 19.4. The van der Waals surface area contributed by atoms with Crippen LogP contribution in [0.2, 0.25) is 0 Å². The van der Waals surface area contributed by atoms with Gasteiger partial charge in [0, 0.05) is 31.2 Å². The van der Waals surface area contributed by atoms with Gasteiger partial charge in [-0.05, 0) is 19.8 Å². The van der Waals surface area contributed by atoms with E-state index in [1.165, 1.54) is 19.3 Å². The molecule has 2 aliphatic rings. The van der Waals surface area contributed by atoms with Crippen molar-refractivity contribution in [2.75, 3.05) is 26.2 Å². The van der Waals surface area contributed by atoms with Crippen molar-refractivity contribution in [3.63, 3.8) is 0 Å². The summed E-state index contributed by atoms with van der Waals surface area (Å²) in [6, 6.07) is 0.268. The summed E-state index contributed by atoms with van der Waals surface area (Å²) in [4.78, 5) is 2.13. The molecule has 1 saturated heterocycles.